The monoisotopic (exact) mass is 263 g/mol. The molecule has 0 bridgehead atoms. The molecular formula is C12H7Cl2N3. The Kier molecular flexibility index (Phi) is 2.50. The van der Waals surface area contributed by atoms with Crippen molar-refractivity contribution < 1.29 is 0 Å². The van der Waals surface area contributed by atoms with Crippen molar-refractivity contribution >= 4 is 34.4 Å². The lowest BCUT2D eigenvalue weighted by Gasteiger charge is -2.03. The smallest absolute Gasteiger partial charge is 0.177 e. The first-order valence-electron chi connectivity index (χ1n) is 4.98. The van der Waals surface area contributed by atoms with Gasteiger partial charge in [0.1, 0.15) is 0 Å². The van der Waals surface area contributed by atoms with E-state index in [-0.39, 0.29) is 0 Å². The highest BCUT2D eigenvalue weighted by Crippen LogP contribution is 2.27. The molecule has 3 rings (SSSR count). The molecule has 17 heavy (non-hydrogen) atoms. The van der Waals surface area contributed by atoms with E-state index >= 15 is 0 Å². The molecule has 3 aromatic rings. The minimum atomic E-state index is 0.609. The summed E-state index contributed by atoms with van der Waals surface area (Å²) in [7, 11) is 0. The molecule has 0 saturated heterocycles. The molecular weight excluding hydrogens is 257 g/mol. The largest absolute Gasteiger partial charge is 0.343 e. The van der Waals surface area contributed by atoms with Gasteiger partial charge in [-0.1, -0.05) is 23.2 Å². The summed E-state index contributed by atoms with van der Waals surface area (Å²) in [6.07, 6.45) is 3.37. The maximum absolute atomic E-state index is 5.97. The Balaban J connectivity index is 2.19. The number of imidazole rings is 1. The molecule has 0 radical (unpaired) electrons. The molecule has 2 heterocycles. The summed E-state index contributed by atoms with van der Waals surface area (Å²) in [5, 5.41) is 1.22. The number of nitrogens with one attached hydrogen (secondary N) is 1. The summed E-state index contributed by atoms with van der Waals surface area (Å²) in [6.45, 7) is 0. The summed E-state index contributed by atoms with van der Waals surface area (Å²) in [6, 6.07) is 7.38. The molecule has 1 aromatic carbocycles. The molecule has 1 N–H and O–H groups in total. The first-order valence-corrected chi connectivity index (χ1v) is 5.73. The summed E-state index contributed by atoms with van der Waals surface area (Å²) < 4.78 is 0. The molecule has 0 aliphatic heterocycles. The van der Waals surface area contributed by atoms with Gasteiger partial charge in [0.15, 0.2) is 5.65 Å². The van der Waals surface area contributed by atoms with Crippen molar-refractivity contribution in [2.75, 3.05) is 0 Å². The van der Waals surface area contributed by atoms with Crippen molar-refractivity contribution in [1.82, 2.24) is 15.0 Å². The molecule has 0 fully saturated rings. The zero-order chi connectivity index (χ0) is 11.8. The van der Waals surface area contributed by atoms with Crippen LogP contribution in [-0.4, -0.2) is 15.0 Å². The van der Waals surface area contributed by atoms with E-state index in [1.807, 2.05) is 18.2 Å². The number of H-pyrrole nitrogens is 1. The van der Waals surface area contributed by atoms with Crippen LogP contribution in [-0.2, 0) is 0 Å². The van der Waals surface area contributed by atoms with E-state index in [0.29, 0.717) is 15.7 Å². The normalized spacial score (nSPS) is 10.9. The molecule has 3 nitrogen and oxygen atoms in total. The summed E-state index contributed by atoms with van der Waals surface area (Å²) in [5.74, 6) is 0. The molecule has 2 aromatic heterocycles. The maximum Gasteiger partial charge on any atom is 0.177 e. The summed E-state index contributed by atoms with van der Waals surface area (Å²) >= 11 is 11.9. The van der Waals surface area contributed by atoms with E-state index in [1.54, 1.807) is 18.6 Å². The topological polar surface area (TPSA) is 41.6 Å². The fourth-order valence-electron chi connectivity index (χ4n) is 1.71. The minimum absolute atomic E-state index is 0.609. The van der Waals surface area contributed by atoms with E-state index in [1.165, 1.54) is 0 Å². The van der Waals surface area contributed by atoms with Gasteiger partial charge in [-0.15, -0.1) is 0 Å². The predicted octanol–water partition coefficient (Wildman–Crippen LogP) is 3.93. The van der Waals surface area contributed by atoms with E-state index in [2.05, 4.69) is 15.0 Å². The van der Waals surface area contributed by atoms with Gasteiger partial charge in [0.05, 0.1) is 11.8 Å². The Labute approximate surface area is 107 Å². The Morgan fingerprint density at radius 2 is 1.65 bits per heavy atom. The molecule has 0 spiro atoms. The second kappa shape index (κ2) is 4.02. The third-order valence-corrected chi connectivity index (χ3v) is 2.91. The zero-order valence-corrected chi connectivity index (χ0v) is 10.1. The van der Waals surface area contributed by atoms with E-state index < -0.39 is 0 Å². The zero-order valence-electron chi connectivity index (χ0n) is 8.61. The lowest BCUT2D eigenvalue weighted by atomic mass is 10.1. The molecule has 0 unspecified atom stereocenters. The highest BCUT2D eigenvalue weighted by molar-refractivity contribution is 6.35. The SMILES string of the molecule is Clc1cc(Cl)cc(-c2cnc3nc[nH]c3c2)c1. The molecule has 0 atom stereocenters. The second-order valence-corrected chi connectivity index (χ2v) is 4.53. The Hall–Kier alpha value is -1.58. The Morgan fingerprint density at radius 1 is 0.882 bits per heavy atom. The number of aromatic amines is 1. The van der Waals surface area contributed by atoms with Gasteiger partial charge in [-0.2, -0.15) is 0 Å². The van der Waals surface area contributed by atoms with E-state index in [0.717, 1.165) is 16.6 Å². The first-order chi connectivity index (χ1) is 8.22. The fourth-order valence-corrected chi connectivity index (χ4v) is 2.23. The molecule has 0 saturated carbocycles. The van der Waals surface area contributed by atoms with Crippen LogP contribution in [0.3, 0.4) is 0 Å². The van der Waals surface area contributed by atoms with Crippen LogP contribution in [0.1, 0.15) is 0 Å². The van der Waals surface area contributed by atoms with Crippen LogP contribution < -0.4 is 0 Å². The van der Waals surface area contributed by atoms with Crippen LogP contribution in [0.5, 0.6) is 0 Å². The van der Waals surface area contributed by atoms with Gasteiger partial charge in [-0.3, -0.25) is 0 Å². The quantitative estimate of drug-likeness (QED) is 0.723. The number of pyridine rings is 1. The standard InChI is InChI=1S/C12H7Cl2N3/c13-9-1-7(2-10(14)4-9)8-3-11-12(15-5-8)17-6-16-11/h1-6H,(H,15,16,17). The van der Waals surface area contributed by atoms with Gasteiger partial charge < -0.3 is 4.98 Å². The van der Waals surface area contributed by atoms with Crippen LogP contribution in [0.4, 0.5) is 0 Å². The first kappa shape index (κ1) is 10.6. The van der Waals surface area contributed by atoms with Crippen LogP contribution >= 0.6 is 23.2 Å². The molecule has 5 heteroatoms. The van der Waals surface area contributed by atoms with Gasteiger partial charge in [0.2, 0.25) is 0 Å². The van der Waals surface area contributed by atoms with Crippen LogP contribution in [0.15, 0.2) is 36.8 Å². The molecule has 84 valence electrons. The fraction of sp³-hybridized carbons (Fsp3) is 0. The average molecular weight is 264 g/mol. The highest BCUT2D eigenvalue weighted by Gasteiger charge is 2.04. The van der Waals surface area contributed by atoms with E-state index in [4.69, 9.17) is 23.2 Å². The molecule has 0 aliphatic carbocycles. The Bertz CT molecular complexity index is 671. The van der Waals surface area contributed by atoms with Crippen LogP contribution in [0.2, 0.25) is 10.0 Å². The van der Waals surface area contributed by atoms with Crippen molar-refractivity contribution in [3.05, 3.63) is 46.8 Å². The van der Waals surface area contributed by atoms with Gasteiger partial charge in [-0.25, -0.2) is 9.97 Å². The average Bonchev–Trinajstić information content (AvgIpc) is 2.74. The van der Waals surface area contributed by atoms with E-state index in [9.17, 15) is 0 Å². The lowest BCUT2D eigenvalue weighted by molar-refractivity contribution is 1.30. The van der Waals surface area contributed by atoms with Crippen molar-refractivity contribution in [2.24, 2.45) is 0 Å². The summed E-state index contributed by atoms with van der Waals surface area (Å²) in [4.78, 5) is 11.3. The van der Waals surface area contributed by atoms with Crippen molar-refractivity contribution in [2.45, 2.75) is 0 Å². The number of halogens is 2. The summed E-state index contributed by atoms with van der Waals surface area (Å²) in [5.41, 5.74) is 3.47. The van der Waals surface area contributed by atoms with Crippen molar-refractivity contribution in [3.8, 4) is 11.1 Å². The van der Waals surface area contributed by atoms with Crippen LogP contribution in [0.25, 0.3) is 22.3 Å². The minimum Gasteiger partial charge on any atom is -0.343 e. The molecule has 0 aliphatic rings. The van der Waals surface area contributed by atoms with Gasteiger partial charge in [-0.05, 0) is 29.8 Å². The maximum atomic E-state index is 5.97. The third-order valence-electron chi connectivity index (χ3n) is 2.47. The molecule has 0 amide bonds. The number of hydrogen-bond acceptors (Lipinski definition) is 2. The van der Waals surface area contributed by atoms with Gasteiger partial charge >= 0.3 is 0 Å². The van der Waals surface area contributed by atoms with Crippen molar-refractivity contribution in [1.29, 1.82) is 0 Å². The number of benzene rings is 1. The Morgan fingerprint density at radius 3 is 2.41 bits per heavy atom. The third kappa shape index (κ3) is 1.99. The predicted molar refractivity (Wildman–Crippen MR) is 69.3 cm³/mol. The number of rotatable bonds is 1. The number of aromatic nitrogens is 3. The van der Waals surface area contributed by atoms with Crippen LogP contribution in [0, 0.1) is 0 Å². The van der Waals surface area contributed by atoms with Gasteiger partial charge in [0, 0.05) is 21.8 Å². The number of hydrogen-bond donors (Lipinski definition) is 1. The lowest BCUT2D eigenvalue weighted by Crippen LogP contribution is -1.82. The van der Waals surface area contributed by atoms with Gasteiger partial charge in [0.25, 0.3) is 0 Å². The second-order valence-electron chi connectivity index (χ2n) is 3.66. The highest BCUT2D eigenvalue weighted by atomic mass is 35.5. The number of nitrogens with zero attached hydrogens (tertiary/aromatic N) is 2. The number of fused-ring (bicyclic) bond motifs is 1. The van der Waals surface area contributed by atoms with Crippen molar-refractivity contribution in [3.63, 3.8) is 0 Å².